The van der Waals surface area contributed by atoms with Crippen molar-refractivity contribution in [1.29, 1.82) is 0 Å². The molecule has 6 heteroatoms. The molecule has 320 valence electrons. The lowest BCUT2D eigenvalue weighted by atomic mass is 9.59. The Morgan fingerprint density at radius 1 is 0.545 bits per heavy atom. The van der Waals surface area contributed by atoms with E-state index in [0.29, 0.717) is 0 Å². The summed E-state index contributed by atoms with van der Waals surface area (Å²) in [6.07, 6.45) is 2.31. The summed E-state index contributed by atoms with van der Waals surface area (Å²) in [5, 5.41) is 13.1. The fraction of sp³-hybridized carbons (Fsp3) is 0.200. The molecular formula is C60H49BN2O3. The number of nitrogens with one attached hydrogen (secondary N) is 1. The summed E-state index contributed by atoms with van der Waals surface area (Å²) >= 11 is 0. The van der Waals surface area contributed by atoms with E-state index in [1.165, 1.54) is 55.2 Å². The van der Waals surface area contributed by atoms with Crippen molar-refractivity contribution in [2.24, 2.45) is 0 Å². The molecule has 66 heavy (non-hydrogen) atoms. The molecule has 5 heterocycles. The molecule has 0 saturated carbocycles. The summed E-state index contributed by atoms with van der Waals surface area (Å²) < 4.78 is 22.9. The first-order valence-electron chi connectivity index (χ1n) is 23.6. The zero-order chi connectivity index (χ0) is 44.6. The molecule has 12 aromatic rings. The van der Waals surface area contributed by atoms with Crippen LogP contribution in [-0.4, -0.2) is 11.8 Å². The SMILES string of the molecule is CC(C)(C)c1ccc(Nc2cc3c(cc2-c2ccc4c5c6oc7ccccc7c6ccc5n5c4c2Bc2cc4oc6ccccc6c4cc2-5)oc2cc4c(cc23)C(C)(C)CCC4(C)C)cc1. The Morgan fingerprint density at radius 2 is 1.17 bits per heavy atom. The summed E-state index contributed by atoms with van der Waals surface area (Å²) in [5.74, 6) is 0. The van der Waals surface area contributed by atoms with Gasteiger partial charge in [0.15, 0.2) is 7.28 Å². The molecule has 4 aromatic heterocycles. The third kappa shape index (κ3) is 5.24. The second kappa shape index (κ2) is 12.8. The molecule has 1 N–H and O–H groups in total. The standard InChI is InChI=1S/C60H49BN2O3/c1-58(2,3)32-16-18-33(19-17-32)62-46-27-41-40-26-43-44(60(6,7)25-24-59(43,4)5)30-52(40)65-51(41)29-39(46)36-20-21-38-54-47(23-22-37-34-12-8-11-15-50(34)66-57(37)54)63-48-28-42-35-13-9-10-14-49(35)64-53(42)31-45(48)61-55(36)56(38)63/h8-23,26-31,61-62H,24-25H2,1-7H3. The van der Waals surface area contributed by atoms with Crippen molar-refractivity contribution in [3.05, 3.63) is 150 Å². The van der Waals surface area contributed by atoms with E-state index in [4.69, 9.17) is 13.3 Å². The molecule has 0 unspecified atom stereocenters. The third-order valence-corrected chi connectivity index (χ3v) is 15.6. The molecule has 0 spiro atoms. The molecule has 1 aliphatic carbocycles. The van der Waals surface area contributed by atoms with Crippen LogP contribution in [0.4, 0.5) is 11.4 Å². The summed E-state index contributed by atoms with van der Waals surface area (Å²) in [6, 6.07) is 49.0. The predicted octanol–water partition coefficient (Wildman–Crippen LogP) is 15.2. The van der Waals surface area contributed by atoms with Crippen LogP contribution >= 0.6 is 0 Å². The van der Waals surface area contributed by atoms with Gasteiger partial charge in [-0.05, 0) is 130 Å². The first-order chi connectivity index (χ1) is 31.8. The highest BCUT2D eigenvalue weighted by Crippen LogP contribution is 2.50. The highest BCUT2D eigenvalue weighted by Gasteiger charge is 2.38. The van der Waals surface area contributed by atoms with Gasteiger partial charge in [-0.15, -0.1) is 0 Å². The molecule has 0 radical (unpaired) electrons. The Kier molecular flexibility index (Phi) is 7.39. The Morgan fingerprint density at radius 3 is 1.92 bits per heavy atom. The van der Waals surface area contributed by atoms with E-state index in [1.54, 1.807) is 0 Å². The number of nitrogens with zero attached hydrogens (tertiary/aromatic N) is 1. The maximum Gasteiger partial charge on any atom is 0.198 e. The molecule has 0 fully saturated rings. The van der Waals surface area contributed by atoms with E-state index in [-0.39, 0.29) is 16.2 Å². The van der Waals surface area contributed by atoms with Crippen molar-refractivity contribution < 1.29 is 13.3 Å². The molecule has 8 aromatic carbocycles. The van der Waals surface area contributed by atoms with Gasteiger partial charge in [0.1, 0.15) is 33.5 Å². The lowest BCUT2D eigenvalue weighted by Gasteiger charge is -2.41. The van der Waals surface area contributed by atoms with Gasteiger partial charge in [-0.3, -0.25) is 0 Å². The van der Waals surface area contributed by atoms with E-state index >= 15 is 0 Å². The van der Waals surface area contributed by atoms with E-state index < -0.39 is 0 Å². The average Bonchev–Trinajstić information content (AvgIpc) is 4.06. The van der Waals surface area contributed by atoms with Gasteiger partial charge in [0.05, 0.1) is 10.9 Å². The molecule has 0 atom stereocenters. The maximum absolute atomic E-state index is 7.00. The van der Waals surface area contributed by atoms with Gasteiger partial charge in [0, 0.05) is 65.8 Å². The van der Waals surface area contributed by atoms with Crippen LogP contribution in [0.2, 0.25) is 0 Å². The lowest BCUT2D eigenvalue weighted by Crippen LogP contribution is -2.37. The van der Waals surface area contributed by atoms with E-state index in [1.807, 2.05) is 6.07 Å². The third-order valence-electron chi connectivity index (χ3n) is 15.6. The lowest BCUT2D eigenvalue weighted by molar-refractivity contribution is 0.332. The molecular weight excluding hydrogens is 807 g/mol. The molecule has 0 amide bonds. The van der Waals surface area contributed by atoms with E-state index in [0.717, 1.165) is 108 Å². The van der Waals surface area contributed by atoms with Gasteiger partial charge in [-0.1, -0.05) is 115 Å². The number of furan rings is 3. The fourth-order valence-electron chi connectivity index (χ4n) is 11.9. The average molecular weight is 857 g/mol. The second-order valence-electron chi connectivity index (χ2n) is 21.6. The monoisotopic (exact) mass is 856 g/mol. The summed E-state index contributed by atoms with van der Waals surface area (Å²) in [7, 11) is 0.726. The van der Waals surface area contributed by atoms with Crippen molar-refractivity contribution in [3.8, 4) is 16.8 Å². The second-order valence-corrected chi connectivity index (χ2v) is 21.6. The first kappa shape index (κ1) is 38.1. The number of aromatic nitrogens is 1. The first-order valence-corrected chi connectivity index (χ1v) is 23.6. The van der Waals surface area contributed by atoms with Crippen LogP contribution in [0.15, 0.2) is 147 Å². The number of anilines is 2. The fourth-order valence-corrected chi connectivity index (χ4v) is 11.9. The van der Waals surface area contributed by atoms with Crippen LogP contribution in [0.3, 0.4) is 0 Å². The van der Waals surface area contributed by atoms with Crippen LogP contribution < -0.4 is 16.2 Å². The number of para-hydroxylation sites is 2. The molecule has 0 bridgehead atoms. The summed E-state index contributed by atoms with van der Waals surface area (Å²) in [6.45, 7) is 16.4. The number of hydrogen-bond donors (Lipinski definition) is 1. The summed E-state index contributed by atoms with van der Waals surface area (Å²) in [5.41, 5.74) is 20.2. The van der Waals surface area contributed by atoms with Gasteiger partial charge in [0.2, 0.25) is 0 Å². The van der Waals surface area contributed by atoms with Gasteiger partial charge in [0.25, 0.3) is 0 Å². The Hall–Kier alpha value is -7.18. The van der Waals surface area contributed by atoms with Crippen LogP contribution in [0.1, 0.15) is 78.0 Å². The predicted molar refractivity (Wildman–Crippen MR) is 278 cm³/mol. The smallest absolute Gasteiger partial charge is 0.198 e. The van der Waals surface area contributed by atoms with Gasteiger partial charge in [-0.25, -0.2) is 0 Å². The van der Waals surface area contributed by atoms with Crippen LogP contribution in [-0.2, 0) is 16.2 Å². The van der Waals surface area contributed by atoms with Crippen molar-refractivity contribution in [3.63, 3.8) is 0 Å². The normalized spacial score (nSPS) is 15.4. The van der Waals surface area contributed by atoms with Gasteiger partial charge >= 0.3 is 0 Å². The topological polar surface area (TPSA) is 56.4 Å². The summed E-state index contributed by atoms with van der Waals surface area (Å²) in [4.78, 5) is 0. The molecule has 0 saturated heterocycles. The van der Waals surface area contributed by atoms with Crippen LogP contribution in [0.5, 0.6) is 0 Å². The molecule has 14 rings (SSSR count). The number of fused-ring (bicyclic) bond motifs is 16. The largest absolute Gasteiger partial charge is 0.456 e. The molecule has 5 nitrogen and oxygen atoms in total. The van der Waals surface area contributed by atoms with E-state index in [2.05, 4.69) is 186 Å². The van der Waals surface area contributed by atoms with Crippen LogP contribution in [0, 0.1) is 0 Å². The van der Waals surface area contributed by atoms with Gasteiger partial charge < -0.3 is 23.1 Å². The zero-order valence-electron chi connectivity index (χ0n) is 38.5. The highest BCUT2D eigenvalue weighted by molar-refractivity contribution is 6.74. The number of hydrogen-bond acceptors (Lipinski definition) is 4. The Balaban J connectivity index is 1.07. The minimum atomic E-state index is 0.0501. The quantitative estimate of drug-likeness (QED) is 0.180. The number of rotatable bonds is 3. The molecule has 1 aliphatic heterocycles. The number of benzene rings is 8. The van der Waals surface area contributed by atoms with Crippen molar-refractivity contribution >= 4 is 117 Å². The maximum atomic E-state index is 7.00. The van der Waals surface area contributed by atoms with Crippen molar-refractivity contribution in [1.82, 2.24) is 4.57 Å². The zero-order valence-corrected chi connectivity index (χ0v) is 38.5. The van der Waals surface area contributed by atoms with Crippen molar-refractivity contribution in [2.45, 2.75) is 77.6 Å². The minimum absolute atomic E-state index is 0.0501. The van der Waals surface area contributed by atoms with Crippen LogP contribution in [0.25, 0.3) is 104 Å². The molecule has 2 aliphatic rings. The van der Waals surface area contributed by atoms with E-state index in [9.17, 15) is 0 Å². The van der Waals surface area contributed by atoms with Crippen molar-refractivity contribution in [2.75, 3.05) is 5.32 Å². The Labute approximate surface area is 383 Å². The highest BCUT2D eigenvalue weighted by atomic mass is 16.3. The Bertz CT molecular complexity index is 4090. The minimum Gasteiger partial charge on any atom is -0.456 e. The van der Waals surface area contributed by atoms with Gasteiger partial charge in [-0.2, -0.15) is 0 Å².